The van der Waals surface area contributed by atoms with E-state index in [1.165, 1.54) is 6.08 Å². The molecule has 0 radical (unpaired) electrons. The number of aromatic hydroxyl groups is 1. The average Bonchev–Trinajstić information content (AvgIpc) is 2.29. The monoisotopic (exact) mass is 236 g/mol. The van der Waals surface area contributed by atoms with Gasteiger partial charge >= 0.3 is 0 Å². The molecule has 0 aromatic heterocycles. The second-order valence-electron chi connectivity index (χ2n) is 3.52. The van der Waals surface area contributed by atoms with E-state index in [1.807, 2.05) is 19.9 Å². The average molecular weight is 236 g/mol. The molecule has 1 N–H and O–H groups in total. The molecule has 17 heavy (non-hydrogen) atoms. The van der Waals surface area contributed by atoms with Crippen LogP contribution in [-0.4, -0.2) is 23.1 Å². The van der Waals surface area contributed by atoms with Gasteiger partial charge in [0.1, 0.15) is 5.75 Å². The van der Waals surface area contributed by atoms with Gasteiger partial charge in [0.15, 0.2) is 0 Å². The van der Waals surface area contributed by atoms with Crippen LogP contribution in [0.5, 0.6) is 5.75 Å². The van der Waals surface area contributed by atoms with E-state index in [2.05, 4.69) is 4.90 Å². The molecule has 0 amide bonds. The summed E-state index contributed by atoms with van der Waals surface area (Å²) in [6, 6.07) is 5.13. The first-order valence-electron chi connectivity index (χ1n) is 5.48. The molecular formula is C12H16N2O3. The third kappa shape index (κ3) is 3.48. The number of hydrogen-bond acceptors (Lipinski definition) is 4. The normalized spacial score (nSPS) is 10.7. The zero-order chi connectivity index (χ0) is 12.8. The summed E-state index contributed by atoms with van der Waals surface area (Å²) in [4.78, 5) is 11.7. The SMILES string of the molecule is CCN(CC)c1ccc(C=C[N+](=O)[O-])c(O)c1. The van der Waals surface area contributed by atoms with Crippen LogP contribution in [0.15, 0.2) is 24.4 Å². The van der Waals surface area contributed by atoms with Crippen LogP contribution >= 0.6 is 0 Å². The van der Waals surface area contributed by atoms with Crippen molar-refractivity contribution in [2.45, 2.75) is 13.8 Å². The van der Waals surface area contributed by atoms with Crippen LogP contribution in [0.2, 0.25) is 0 Å². The standard InChI is InChI=1S/C12H16N2O3/c1-3-13(4-2)11-6-5-10(12(15)9-11)7-8-14(16)17/h5-9,15H,3-4H2,1-2H3. The molecule has 0 aliphatic rings. The lowest BCUT2D eigenvalue weighted by Crippen LogP contribution is -2.21. The topological polar surface area (TPSA) is 66.6 Å². The Bertz CT molecular complexity index is 426. The number of phenolic OH excluding ortho intramolecular Hbond substituents is 1. The van der Waals surface area contributed by atoms with Crippen molar-refractivity contribution in [3.05, 3.63) is 40.1 Å². The van der Waals surface area contributed by atoms with Crippen LogP contribution in [0, 0.1) is 10.1 Å². The third-order valence-electron chi connectivity index (χ3n) is 2.52. The van der Waals surface area contributed by atoms with Gasteiger partial charge in [-0.25, -0.2) is 0 Å². The number of benzene rings is 1. The number of nitro groups is 1. The molecular weight excluding hydrogens is 220 g/mol. The molecule has 0 saturated heterocycles. The first-order chi connectivity index (χ1) is 8.08. The van der Waals surface area contributed by atoms with E-state index in [-0.39, 0.29) is 5.75 Å². The predicted octanol–water partition coefficient (Wildman–Crippen LogP) is 2.49. The number of nitrogens with zero attached hydrogens (tertiary/aromatic N) is 2. The van der Waals surface area contributed by atoms with E-state index in [0.717, 1.165) is 25.0 Å². The fourth-order valence-corrected chi connectivity index (χ4v) is 1.60. The van der Waals surface area contributed by atoms with Crippen molar-refractivity contribution in [2.24, 2.45) is 0 Å². The zero-order valence-corrected chi connectivity index (χ0v) is 9.96. The van der Waals surface area contributed by atoms with Crippen molar-refractivity contribution in [1.82, 2.24) is 0 Å². The molecule has 5 nitrogen and oxygen atoms in total. The Balaban J connectivity index is 2.97. The van der Waals surface area contributed by atoms with Crippen molar-refractivity contribution < 1.29 is 10.0 Å². The molecule has 0 unspecified atom stereocenters. The van der Waals surface area contributed by atoms with Crippen LogP contribution in [0.25, 0.3) is 6.08 Å². The fraction of sp³-hybridized carbons (Fsp3) is 0.333. The van der Waals surface area contributed by atoms with Crippen LogP contribution in [0.3, 0.4) is 0 Å². The van der Waals surface area contributed by atoms with E-state index >= 15 is 0 Å². The first-order valence-corrected chi connectivity index (χ1v) is 5.48. The first kappa shape index (κ1) is 13.0. The van der Waals surface area contributed by atoms with Gasteiger partial charge in [0.2, 0.25) is 6.20 Å². The molecule has 5 heteroatoms. The van der Waals surface area contributed by atoms with E-state index in [9.17, 15) is 15.2 Å². The minimum atomic E-state index is -0.558. The molecule has 1 aromatic carbocycles. The highest BCUT2D eigenvalue weighted by atomic mass is 16.6. The molecule has 0 saturated carbocycles. The zero-order valence-electron chi connectivity index (χ0n) is 9.96. The minimum absolute atomic E-state index is 0.0486. The van der Waals surface area contributed by atoms with E-state index in [4.69, 9.17) is 0 Å². The van der Waals surface area contributed by atoms with Gasteiger partial charge in [-0.2, -0.15) is 0 Å². The van der Waals surface area contributed by atoms with Crippen molar-refractivity contribution >= 4 is 11.8 Å². The Kier molecular flexibility index (Phi) is 4.51. The summed E-state index contributed by atoms with van der Waals surface area (Å²) in [7, 11) is 0. The van der Waals surface area contributed by atoms with Crippen molar-refractivity contribution in [3.8, 4) is 5.75 Å². The van der Waals surface area contributed by atoms with Gasteiger partial charge in [-0.15, -0.1) is 0 Å². The summed E-state index contributed by atoms with van der Waals surface area (Å²) in [6.07, 6.45) is 2.09. The van der Waals surface area contributed by atoms with Crippen LogP contribution < -0.4 is 4.90 Å². The predicted molar refractivity (Wildman–Crippen MR) is 67.7 cm³/mol. The minimum Gasteiger partial charge on any atom is -0.507 e. The van der Waals surface area contributed by atoms with Gasteiger partial charge in [0.25, 0.3) is 0 Å². The Hall–Kier alpha value is -2.04. The Morgan fingerprint density at radius 2 is 2.06 bits per heavy atom. The van der Waals surface area contributed by atoms with Crippen molar-refractivity contribution in [2.75, 3.05) is 18.0 Å². The van der Waals surface area contributed by atoms with E-state index in [0.29, 0.717) is 5.56 Å². The van der Waals surface area contributed by atoms with Gasteiger partial charge in [0.05, 0.1) is 4.92 Å². The lowest BCUT2D eigenvalue weighted by Gasteiger charge is -2.21. The summed E-state index contributed by atoms with van der Waals surface area (Å²) < 4.78 is 0. The van der Waals surface area contributed by atoms with Crippen molar-refractivity contribution in [1.29, 1.82) is 0 Å². The molecule has 0 atom stereocenters. The van der Waals surface area contributed by atoms with Gasteiger partial charge in [0, 0.05) is 36.5 Å². The lowest BCUT2D eigenvalue weighted by molar-refractivity contribution is -0.400. The lowest BCUT2D eigenvalue weighted by atomic mass is 10.1. The van der Waals surface area contributed by atoms with Gasteiger partial charge < -0.3 is 10.0 Å². The van der Waals surface area contributed by atoms with Crippen LogP contribution in [0.4, 0.5) is 5.69 Å². The van der Waals surface area contributed by atoms with Crippen LogP contribution in [0.1, 0.15) is 19.4 Å². The summed E-state index contributed by atoms with van der Waals surface area (Å²) >= 11 is 0. The molecule has 0 heterocycles. The molecule has 0 bridgehead atoms. The van der Waals surface area contributed by atoms with Gasteiger partial charge in [-0.3, -0.25) is 10.1 Å². The Labute approximate surface area is 100 Å². The maximum absolute atomic E-state index is 10.2. The third-order valence-corrected chi connectivity index (χ3v) is 2.52. The molecule has 0 fully saturated rings. The van der Waals surface area contributed by atoms with Gasteiger partial charge in [-0.05, 0) is 26.0 Å². The number of anilines is 1. The number of rotatable bonds is 5. The van der Waals surface area contributed by atoms with Crippen molar-refractivity contribution in [3.63, 3.8) is 0 Å². The highest BCUT2D eigenvalue weighted by Crippen LogP contribution is 2.25. The van der Waals surface area contributed by atoms with E-state index in [1.54, 1.807) is 12.1 Å². The maximum atomic E-state index is 10.2. The summed E-state index contributed by atoms with van der Waals surface area (Å²) in [5, 5.41) is 19.9. The fourth-order valence-electron chi connectivity index (χ4n) is 1.60. The summed E-state index contributed by atoms with van der Waals surface area (Å²) in [5.41, 5.74) is 1.35. The second kappa shape index (κ2) is 5.89. The maximum Gasteiger partial charge on any atom is 0.235 e. The summed E-state index contributed by atoms with van der Waals surface area (Å²) in [6.45, 7) is 5.75. The largest absolute Gasteiger partial charge is 0.507 e. The van der Waals surface area contributed by atoms with Crippen LogP contribution in [-0.2, 0) is 0 Å². The Morgan fingerprint density at radius 3 is 2.53 bits per heavy atom. The number of hydrogen-bond donors (Lipinski definition) is 1. The van der Waals surface area contributed by atoms with E-state index < -0.39 is 4.92 Å². The quantitative estimate of drug-likeness (QED) is 0.630. The molecule has 1 rings (SSSR count). The highest BCUT2D eigenvalue weighted by Gasteiger charge is 2.05. The second-order valence-corrected chi connectivity index (χ2v) is 3.52. The summed E-state index contributed by atoms with van der Waals surface area (Å²) in [5.74, 6) is 0.0486. The molecule has 1 aromatic rings. The molecule has 0 aliphatic heterocycles. The highest BCUT2D eigenvalue weighted by molar-refractivity contribution is 5.62. The van der Waals surface area contributed by atoms with Gasteiger partial charge in [-0.1, -0.05) is 0 Å². The molecule has 0 spiro atoms. The molecule has 0 aliphatic carbocycles. The smallest absolute Gasteiger partial charge is 0.235 e. The number of phenols is 1. The Morgan fingerprint density at radius 1 is 1.41 bits per heavy atom. The molecule has 92 valence electrons.